The van der Waals surface area contributed by atoms with Crippen molar-refractivity contribution < 1.29 is 14.3 Å². The molecule has 0 unspecified atom stereocenters. The van der Waals surface area contributed by atoms with Crippen molar-refractivity contribution in [2.75, 3.05) is 70.2 Å². The van der Waals surface area contributed by atoms with Gasteiger partial charge in [-0.3, -0.25) is 9.59 Å². The van der Waals surface area contributed by atoms with Crippen LogP contribution in [0.5, 0.6) is 0 Å². The van der Waals surface area contributed by atoms with Gasteiger partial charge >= 0.3 is 0 Å². The molecule has 0 atom stereocenters. The van der Waals surface area contributed by atoms with Gasteiger partial charge in [-0.05, 0) is 39.2 Å². The molecule has 1 N–H and O–H groups in total. The second-order valence-electron chi connectivity index (χ2n) is 7.08. The highest BCUT2D eigenvalue weighted by molar-refractivity contribution is 5.94. The predicted molar refractivity (Wildman–Crippen MR) is 108 cm³/mol. The van der Waals surface area contributed by atoms with Gasteiger partial charge in [-0.25, -0.2) is 0 Å². The van der Waals surface area contributed by atoms with Gasteiger partial charge in [0.2, 0.25) is 11.8 Å². The van der Waals surface area contributed by atoms with E-state index in [1.807, 2.05) is 38.4 Å². The molecule has 0 radical (unpaired) electrons. The van der Waals surface area contributed by atoms with Crippen LogP contribution in [0.15, 0.2) is 24.3 Å². The maximum absolute atomic E-state index is 12.5. The summed E-state index contributed by atoms with van der Waals surface area (Å²) >= 11 is 0. The Morgan fingerprint density at radius 2 is 1.81 bits per heavy atom. The van der Waals surface area contributed by atoms with Gasteiger partial charge < -0.3 is 24.8 Å². The van der Waals surface area contributed by atoms with Gasteiger partial charge in [0.25, 0.3) is 0 Å². The van der Waals surface area contributed by atoms with Crippen LogP contribution >= 0.6 is 0 Å². The van der Waals surface area contributed by atoms with E-state index in [0.29, 0.717) is 32.7 Å². The number of ether oxygens (including phenoxy) is 1. The van der Waals surface area contributed by atoms with Gasteiger partial charge in [-0.15, -0.1) is 0 Å². The molecule has 27 heavy (non-hydrogen) atoms. The maximum Gasteiger partial charge on any atom is 0.226 e. The largest absolute Gasteiger partial charge is 0.378 e. The number of morpholine rings is 1. The maximum atomic E-state index is 12.5. The zero-order valence-electron chi connectivity index (χ0n) is 16.7. The third-order valence-electron chi connectivity index (χ3n) is 4.62. The summed E-state index contributed by atoms with van der Waals surface area (Å²) in [6, 6.07) is 7.83. The average molecular weight is 377 g/mol. The van der Waals surface area contributed by atoms with Gasteiger partial charge in [0, 0.05) is 39.5 Å². The topological polar surface area (TPSA) is 65.1 Å². The minimum absolute atomic E-state index is 0.00951. The van der Waals surface area contributed by atoms with Crippen LogP contribution in [0.3, 0.4) is 0 Å². The van der Waals surface area contributed by atoms with E-state index in [1.54, 1.807) is 11.8 Å². The van der Waals surface area contributed by atoms with Gasteiger partial charge in [-0.2, -0.15) is 0 Å². The number of hydrogen-bond acceptors (Lipinski definition) is 5. The van der Waals surface area contributed by atoms with Crippen LogP contribution in [0.2, 0.25) is 0 Å². The number of amides is 2. The number of nitrogens with zero attached hydrogens (tertiary/aromatic N) is 3. The summed E-state index contributed by atoms with van der Waals surface area (Å²) in [5.41, 5.74) is 1.83. The third-order valence-corrected chi connectivity index (χ3v) is 4.62. The second kappa shape index (κ2) is 10.9. The summed E-state index contributed by atoms with van der Waals surface area (Å²) in [6.45, 7) is 6.61. The van der Waals surface area contributed by atoms with Crippen LogP contribution in [-0.4, -0.2) is 81.6 Å². The molecule has 7 heteroatoms. The second-order valence-corrected chi connectivity index (χ2v) is 7.08. The average Bonchev–Trinajstić information content (AvgIpc) is 2.65. The summed E-state index contributed by atoms with van der Waals surface area (Å²) in [7, 11) is 4.02. The Balaban J connectivity index is 1.88. The number of carbonyl (C=O) groups excluding carboxylic acids is 2. The number of benzene rings is 1. The number of rotatable bonds is 9. The first-order valence-corrected chi connectivity index (χ1v) is 9.59. The third kappa shape index (κ3) is 7.19. The Bertz CT molecular complexity index is 615. The molecule has 0 spiro atoms. The quantitative estimate of drug-likeness (QED) is 0.710. The van der Waals surface area contributed by atoms with E-state index in [4.69, 9.17) is 4.74 Å². The van der Waals surface area contributed by atoms with E-state index in [-0.39, 0.29) is 11.8 Å². The van der Waals surface area contributed by atoms with Gasteiger partial charge in [0.1, 0.15) is 0 Å². The first-order chi connectivity index (χ1) is 13.0. The first-order valence-electron chi connectivity index (χ1n) is 9.59. The molecule has 1 aliphatic rings. The highest BCUT2D eigenvalue weighted by Gasteiger charge is 2.16. The lowest BCUT2D eigenvalue weighted by Gasteiger charge is -2.30. The van der Waals surface area contributed by atoms with Crippen molar-refractivity contribution in [3.8, 4) is 0 Å². The molecule has 1 saturated heterocycles. The highest BCUT2D eigenvalue weighted by atomic mass is 16.5. The number of anilines is 2. The van der Waals surface area contributed by atoms with Gasteiger partial charge in [0.15, 0.2) is 0 Å². The summed E-state index contributed by atoms with van der Waals surface area (Å²) in [5, 5.41) is 3.01. The van der Waals surface area contributed by atoms with Crippen molar-refractivity contribution >= 4 is 23.2 Å². The van der Waals surface area contributed by atoms with Crippen LogP contribution in [0.1, 0.15) is 19.8 Å². The lowest BCUT2D eigenvalue weighted by atomic mass is 10.2. The van der Waals surface area contributed by atoms with E-state index < -0.39 is 0 Å². The smallest absolute Gasteiger partial charge is 0.226 e. The van der Waals surface area contributed by atoms with E-state index >= 15 is 0 Å². The Morgan fingerprint density at radius 1 is 1.11 bits per heavy atom. The SMILES string of the molecule is CC(=O)N(CCCN(C)C)CCC(=O)Nc1ccccc1N1CCOCC1. The van der Waals surface area contributed by atoms with Crippen LogP contribution < -0.4 is 10.2 Å². The fourth-order valence-corrected chi connectivity index (χ4v) is 3.11. The fraction of sp³-hybridized carbons (Fsp3) is 0.600. The molecule has 2 rings (SSSR count). The van der Waals surface area contributed by atoms with E-state index in [0.717, 1.165) is 37.4 Å². The summed E-state index contributed by atoms with van der Waals surface area (Å²) in [4.78, 5) is 30.3. The van der Waals surface area contributed by atoms with Gasteiger partial charge in [-0.1, -0.05) is 12.1 Å². The van der Waals surface area contributed by atoms with Crippen LogP contribution in [0, 0.1) is 0 Å². The molecule has 0 aromatic heterocycles. The van der Waals surface area contributed by atoms with Crippen LogP contribution in [0.4, 0.5) is 11.4 Å². The predicted octanol–water partition coefficient (Wildman–Crippen LogP) is 1.65. The van der Waals surface area contributed by atoms with Crippen molar-refractivity contribution in [1.82, 2.24) is 9.80 Å². The first kappa shape index (κ1) is 21.2. The summed E-state index contributed by atoms with van der Waals surface area (Å²) in [6.07, 6.45) is 1.19. The van der Waals surface area contributed by atoms with Crippen molar-refractivity contribution in [2.24, 2.45) is 0 Å². The van der Waals surface area contributed by atoms with Crippen LogP contribution in [-0.2, 0) is 14.3 Å². The Morgan fingerprint density at radius 3 is 2.48 bits per heavy atom. The molecule has 1 aromatic rings. The van der Waals surface area contributed by atoms with Crippen molar-refractivity contribution in [3.05, 3.63) is 24.3 Å². The minimum atomic E-state index is -0.0745. The standard InChI is InChI=1S/C20H32N4O3/c1-17(25)23(11-6-10-22(2)3)12-9-20(26)21-18-7-4-5-8-19(18)24-13-15-27-16-14-24/h4-5,7-8H,6,9-16H2,1-3H3,(H,21,26). The van der Waals surface area contributed by atoms with Crippen molar-refractivity contribution in [2.45, 2.75) is 19.8 Å². The van der Waals surface area contributed by atoms with Gasteiger partial charge in [0.05, 0.1) is 24.6 Å². The minimum Gasteiger partial charge on any atom is -0.378 e. The molecule has 7 nitrogen and oxygen atoms in total. The number of para-hydroxylation sites is 2. The van der Waals surface area contributed by atoms with E-state index in [9.17, 15) is 9.59 Å². The monoisotopic (exact) mass is 376 g/mol. The Hall–Kier alpha value is -2.12. The molecule has 1 heterocycles. The number of carbonyl (C=O) groups is 2. The zero-order chi connectivity index (χ0) is 19.6. The van der Waals surface area contributed by atoms with Crippen LogP contribution in [0.25, 0.3) is 0 Å². The van der Waals surface area contributed by atoms with E-state index in [1.165, 1.54) is 0 Å². The highest BCUT2D eigenvalue weighted by Crippen LogP contribution is 2.26. The molecule has 0 aliphatic carbocycles. The molecule has 1 fully saturated rings. The normalized spacial score (nSPS) is 14.3. The molecular formula is C20H32N4O3. The molecule has 1 aliphatic heterocycles. The Labute approximate surface area is 162 Å². The molecule has 2 amide bonds. The van der Waals surface area contributed by atoms with E-state index in [2.05, 4.69) is 15.1 Å². The number of hydrogen-bond donors (Lipinski definition) is 1. The molecular weight excluding hydrogens is 344 g/mol. The van der Waals surface area contributed by atoms with Crippen molar-refractivity contribution in [1.29, 1.82) is 0 Å². The number of nitrogens with one attached hydrogen (secondary N) is 1. The molecule has 0 bridgehead atoms. The zero-order valence-corrected chi connectivity index (χ0v) is 16.7. The molecule has 0 saturated carbocycles. The molecule has 1 aromatic carbocycles. The summed E-state index contributed by atoms with van der Waals surface area (Å²) < 4.78 is 5.41. The summed E-state index contributed by atoms with van der Waals surface area (Å²) in [5.74, 6) is -0.0650. The lowest BCUT2D eigenvalue weighted by Crippen LogP contribution is -2.37. The Kier molecular flexibility index (Phi) is 8.54. The lowest BCUT2D eigenvalue weighted by molar-refractivity contribution is -0.129. The fourth-order valence-electron chi connectivity index (χ4n) is 3.11. The van der Waals surface area contributed by atoms with Crippen molar-refractivity contribution in [3.63, 3.8) is 0 Å². The molecule has 150 valence electrons.